The maximum Gasteiger partial charge on any atom is 0.222 e. The molecule has 0 saturated carbocycles. The Labute approximate surface area is 129 Å². The summed E-state index contributed by atoms with van der Waals surface area (Å²) in [7, 11) is 0. The predicted molar refractivity (Wildman–Crippen MR) is 69.2 cm³/mol. The number of fused-ring (bicyclic) bond motifs is 1. The molecule has 3 rings (SSSR count). The van der Waals surface area contributed by atoms with Crippen molar-refractivity contribution in [2.45, 2.75) is 12.8 Å². The van der Waals surface area contributed by atoms with Gasteiger partial charge in [-0.05, 0) is 18.5 Å². The topological polar surface area (TPSA) is 125 Å². The number of rotatable bonds is 2. The van der Waals surface area contributed by atoms with Crippen molar-refractivity contribution in [1.82, 2.24) is 20.2 Å². The molecule has 0 spiro atoms. The van der Waals surface area contributed by atoms with Crippen molar-refractivity contribution < 1.29 is 25.2 Å². The van der Waals surface area contributed by atoms with Crippen LogP contribution in [0, 0.1) is 5.92 Å². The van der Waals surface area contributed by atoms with E-state index in [2.05, 4.69) is 20.2 Å². The summed E-state index contributed by atoms with van der Waals surface area (Å²) in [6.07, 6.45) is 3.31. The van der Waals surface area contributed by atoms with Gasteiger partial charge in [-0.2, -0.15) is 0 Å². The molecule has 1 fully saturated rings. The average Bonchev–Trinajstić information content (AvgIpc) is 2.85. The first kappa shape index (κ1) is 14.7. The Morgan fingerprint density at radius 3 is 3.00 bits per heavy atom. The molecule has 1 radical (unpaired) electrons. The van der Waals surface area contributed by atoms with Gasteiger partial charge in [0, 0.05) is 45.1 Å². The van der Waals surface area contributed by atoms with Gasteiger partial charge in [0.15, 0.2) is 0 Å². The molecule has 1 aliphatic rings. The van der Waals surface area contributed by atoms with Crippen molar-refractivity contribution in [1.29, 1.82) is 0 Å². The molecule has 1 unspecified atom stereocenters. The molecular formula is C11H14N7ORe-. The molecule has 1 amide bonds. The Bertz CT molecular complexity index is 628. The third kappa shape index (κ3) is 2.59. The predicted octanol–water partition coefficient (Wildman–Crippen LogP) is -0.737. The SMILES string of the molecule is NC(=O)C1CCCN(c2nc(N)nc3[n-]ncc23)C1.[Re]. The van der Waals surface area contributed by atoms with E-state index in [1.165, 1.54) is 0 Å². The second-order valence-corrected chi connectivity index (χ2v) is 4.67. The average molecular weight is 446 g/mol. The van der Waals surface area contributed by atoms with E-state index in [0.717, 1.165) is 24.8 Å². The fourth-order valence-corrected chi connectivity index (χ4v) is 2.44. The monoisotopic (exact) mass is 447 g/mol. The first-order chi connectivity index (χ1) is 9.15. The quantitative estimate of drug-likeness (QED) is 0.623. The van der Waals surface area contributed by atoms with Crippen LogP contribution in [-0.2, 0) is 25.2 Å². The molecule has 2 aromatic rings. The van der Waals surface area contributed by atoms with Crippen LogP contribution >= 0.6 is 0 Å². The fraction of sp³-hybridized carbons (Fsp3) is 0.455. The van der Waals surface area contributed by atoms with Gasteiger partial charge >= 0.3 is 0 Å². The van der Waals surface area contributed by atoms with Gasteiger partial charge in [0.2, 0.25) is 5.91 Å². The van der Waals surface area contributed by atoms with E-state index in [1.54, 1.807) is 6.20 Å². The van der Waals surface area contributed by atoms with Crippen LogP contribution in [0.3, 0.4) is 0 Å². The number of nitrogens with two attached hydrogens (primary N) is 2. The van der Waals surface area contributed by atoms with E-state index >= 15 is 0 Å². The molecule has 2 aromatic heterocycles. The summed E-state index contributed by atoms with van der Waals surface area (Å²) >= 11 is 0. The first-order valence-electron chi connectivity index (χ1n) is 6.11. The van der Waals surface area contributed by atoms with Crippen molar-refractivity contribution in [3.05, 3.63) is 6.20 Å². The third-order valence-corrected chi connectivity index (χ3v) is 3.39. The summed E-state index contributed by atoms with van der Waals surface area (Å²) in [6.45, 7) is 1.35. The number of amides is 1. The second-order valence-electron chi connectivity index (χ2n) is 4.67. The zero-order chi connectivity index (χ0) is 13.4. The van der Waals surface area contributed by atoms with Crippen LogP contribution in [0.25, 0.3) is 11.0 Å². The number of hydrogen-bond donors (Lipinski definition) is 2. The summed E-state index contributed by atoms with van der Waals surface area (Å²) in [5.41, 5.74) is 11.5. The molecule has 8 nitrogen and oxygen atoms in total. The van der Waals surface area contributed by atoms with E-state index in [4.69, 9.17) is 11.5 Å². The van der Waals surface area contributed by atoms with E-state index in [9.17, 15) is 4.79 Å². The number of carbonyl (C=O) groups is 1. The molecule has 1 saturated heterocycles. The molecule has 0 aromatic carbocycles. The number of hydrogen-bond acceptors (Lipinski definition) is 6. The summed E-state index contributed by atoms with van der Waals surface area (Å²) < 4.78 is 0. The van der Waals surface area contributed by atoms with Gasteiger partial charge in [-0.15, -0.1) is 0 Å². The Morgan fingerprint density at radius 1 is 1.45 bits per heavy atom. The second kappa shape index (κ2) is 5.73. The van der Waals surface area contributed by atoms with E-state index in [0.29, 0.717) is 18.0 Å². The van der Waals surface area contributed by atoms with Crippen LogP contribution in [0.4, 0.5) is 11.8 Å². The van der Waals surface area contributed by atoms with Crippen molar-refractivity contribution in [2.75, 3.05) is 23.7 Å². The standard InChI is InChI=1S/C11H15N7O.Re/c12-8(19)6-2-1-3-18(5-6)10-7-4-14-17-9(7)15-11(13)16-10;/h4,6H,1-3,5H2,(H5,12,13,14,15,16,17,19);/p-1. The third-order valence-electron chi connectivity index (χ3n) is 3.39. The van der Waals surface area contributed by atoms with Gasteiger partial charge in [0.05, 0.1) is 5.92 Å². The zero-order valence-corrected chi connectivity index (χ0v) is 13.4. The largest absolute Gasteiger partial charge is 0.403 e. The Kier molecular flexibility index (Phi) is 4.21. The first-order valence-corrected chi connectivity index (χ1v) is 6.11. The van der Waals surface area contributed by atoms with Crippen molar-refractivity contribution in [3.63, 3.8) is 0 Å². The van der Waals surface area contributed by atoms with Gasteiger partial charge in [0.1, 0.15) is 11.8 Å². The summed E-state index contributed by atoms with van der Waals surface area (Å²) in [4.78, 5) is 21.6. The fourth-order valence-electron chi connectivity index (χ4n) is 2.44. The minimum absolute atomic E-state index is 0. The van der Waals surface area contributed by atoms with Crippen molar-refractivity contribution >= 4 is 28.7 Å². The Morgan fingerprint density at radius 2 is 2.25 bits per heavy atom. The number of aromatic nitrogens is 4. The maximum atomic E-state index is 11.3. The molecule has 9 heteroatoms. The number of carbonyl (C=O) groups excluding carboxylic acids is 1. The molecule has 1 atom stereocenters. The Hall–Kier alpha value is -1.72. The van der Waals surface area contributed by atoms with Gasteiger partial charge < -0.3 is 26.4 Å². The molecule has 20 heavy (non-hydrogen) atoms. The minimum Gasteiger partial charge on any atom is -0.403 e. The van der Waals surface area contributed by atoms with E-state index in [1.807, 2.05) is 4.90 Å². The molecule has 4 N–H and O–H groups in total. The maximum absolute atomic E-state index is 11.3. The molecule has 107 valence electrons. The van der Waals surface area contributed by atoms with E-state index in [-0.39, 0.29) is 38.2 Å². The van der Waals surface area contributed by atoms with Crippen LogP contribution in [0.5, 0.6) is 0 Å². The molecule has 3 heterocycles. The Balaban J connectivity index is 0.00000147. The minimum atomic E-state index is -0.276. The van der Waals surface area contributed by atoms with Crippen LogP contribution in [0.2, 0.25) is 0 Å². The summed E-state index contributed by atoms with van der Waals surface area (Å²) in [5.74, 6) is 0.403. The van der Waals surface area contributed by atoms with Crippen LogP contribution in [0.15, 0.2) is 6.20 Å². The van der Waals surface area contributed by atoms with Gasteiger partial charge in [-0.1, -0.05) is 0 Å². The molecular weight excluding hydrogens is 432 g/mol. The smallest absolute Gasteiger partial charge is 0.222 e. The number of nitrogen functional groups attached to an aromatic ring is 1. The van der Waals surface area contributed by atoms with Gasteiger partial charge in [-0.25, -0.2) is 4.98 Å². The van der Waals surface area contributed by atoms with Gasteiger partial charge in [-0.3, -0.25) is 9.89 Å². The molecule has 0 aliphatic carbocycles. The summed E-state index contributed by atoms with van der Waals surface area (Å²) in [6, 6.07) is 0. The number of anilines is 2. The van der Waals surface area contributed by atoms with Crippen molar-refractivity contribution in [2.24, 2.45) is 11.7 Å². The number of nitrogens with zero attached hydrogens (tertiary/aromatic N) is 5. The van der Waals surface area contributed by atoms with E-state index < -0.39 is 0 Å². The van der Waals surface area contributed by atoms with Gasteiger partial charge in [0.25, 0.3) is 0 Å². The zero-order valence-electron chi connectivity index (χ0n) is 10.7. The summed E-state index contributed by atoms with van der Waals surface area (Å²) in [5, 5.41) is 8.46. The molecule has 0 bridgehead atoms. The number of primary amides is 1. The number of piperidine rings is 1. The molecule has 1 aliphatic heterocycles. The van der Waals surface area contributed by atoms with Crippen LogP contribution in [-0.4, -0.2) is 34.1 Å². The van der Waals surface area contributed by atoms with Crippen LogP contribution < -0.4 is 21.5 Å². The normalized spacial score (nSPS) is 18.8. The van der Waals surface area contributed by atoms with Crippen molar-refractivity contribution in [3.8, 4) is 0 Å². The van der Waals surface area contributed by atoms with Crippen LogP contribution in [0.1, 0.15) is 12.8 Å².